The minimum Gasteiger partial charge on any atom is -0.482 e. The van der Waals surface area contributed by atoms with Gasteiger partial charge in [0.15, 0.2) is 11.6 Å². The average Bonchev–Trinajstić information content (AvgIpc) is 3.16. The topological polar surface area (TPSA) is 111 Å². The molecule has 0 bridgehead atoms. The van der Waals surface area contributed by atoms with Crippen LogP contribution in [0.4, 0.5) is 19.0 Å². The van der Waals surface area contributed by atoms with Gasteiger partial charge in [0, 0.05) is 59.9 Å². The second kappa shape index (κ2) is 12.0. The number of ether oxygens (including phenoxy) is 1. The van der Waals surface area contributed by atoms with Crippen molar-refractivity contribution >= 4 is 33.7 Å². The van der Waals surface area contributed by atoms with Crippen molar-refractivity contribution in [2.24, 2.45) is 17.8 Å². The van der Waals surface area contributed by atoms with Gasteiger partial charge in [-0.25, -0.2) is 23.6 Å². The molecule has 0 fully saturated rings. The molecule has 192 valence electrons. The van der Waals surface area contributed by atoms with Crippen LogP contribution in [0.2, 0.25) is 0 Å². The Morgan fingerprint density at radius 3 is 2.75 bits per heavy atom. The number of anilines is 1. The third-order valence-corrected chi connectivity index (χ3v) is 5.80. The Morgan fingerprint density at radius 1 is 1.33 bits per heavy atom. The number of allylic oxidation sites excluding steroid dienone is 1. The number of aliphatic imine (C=N–C) groups is 1. The van der Waals surface area contributed by atoms with Gasteiger partial charge in [-0.1, -0.05) is 0 Å². The zero-order valence-corrected chi connectivity index (χ0v) is 21.4. The van der Waals surface area contributed by atoms with E-state index in [1.807, 2.05) is 5.48 Å². The molecule has 0 aliphatic heterocycles. The van der Waals surface area contributed by atoms with E-state index in [1.54, 1.807) is 45.4 Å². The molecule has 2 heterocycles. The molecular weight excluding hydrogens is 541 g/mol. The van der Waals surface area contributed by atoms with Gasteiger partial charge in [-0.15, -0.1) is 0 Å². The van der Waals surface area contributed by atoms with Gasteiger partial charge < -0.3 is 10.5 Å². The summed E-state index contributed by atoms with van der Waals surface area (Å²) in [4.78, 5) is 8.12. The fourth-order valence-electron chi connectivity index (χ4n) is 3.69. The first-order valence-electron chi connectivity index (χ1n) is 10.9. The molecule has 8 nitrogen and oxygen atoms in total. The summed E-state index contributed by atoms with van der Waals surface area (Å²) in [6.45, 7) is 1.71. The highest BCUT2D eigenvalue weighted by atomic mass is 79.9. The van der Waals surface area contributed by atoms with Crippen LogP contribution in [0.25, 0.3) is 5.70 Å². The number of aryl methyl sites for hydroxylation is 1. The minimum atomic E-state index is -2.50. The van der Waals surface area contributed by atoms with Crippen LogP contribution in [0.3, 0.4) is 0 Å². The zero-order chi connectivity index (χ0) is 26.4. The molecule has 4 N–H and O–H groups in total. The highest BCUT2D eigenvalue weighted by Crippen LogP contribution is 2.33. The first-order valence-corrected chi connectivity index (χ1v) is 11.6. The Hall–Kier alpha value is -3.38. The summed E-state index contributed by atoms with van der Waals surface area (Å²) in [5, 5.41) is 13.5. The maximum absolute atomic E-state index is 14.3. The van der Waals surface area contributed by atoms with Crippen molar-refractivity contribution in [3.05, 3.63) is 74.9 Å². The van der Waals surface area contributed by atoms with E-state index in [-0.39, 0.29) is 23.7 Å². The molecule has 0 spiro atoms. The lowest BCUT2D eigenvalue weighted by molar-refractivity contribution is 0.147. The second-order valence-electron chi connectivity index (χ2n) is 7.95. The van der Waals surface area contributed by atoms with Crippen molar-refractivity contribution < 1.29 is 23.1 Å². The van der Waals surface area contributed by atoms with Crippen molar-refractivity contribution in [1.29, 1.82) is 0 Å². The molecule has 0 radical (unpaired) electrons. The molecule has 0 unspecified atom stereocenters. The zero-order valence-electron chi connectivity index (χ0n) is 19.8. The van der Waals surface area contributed by atoms with Crippen molar-refractivity contribution in [3.63, 3.8) is 0 Å². The third kappa shape index (κ3) is 6.64. The minimum absolute atomic E-state index is 0.0844. The van der Waals surface area contributed by atoms with Gasteiger partial charge in [0.05, 0.1) is 12.1 Å². The molecule has 1 atom stereocenters. The number of hydrogen-bond donors (Lipinski definition) is 3. The van der Waals surface area contributed by atoms with Crippen LogP contribution < -0.4 is 16.0 Å². The van der Waals surface area contributed by atoms with Gasteiger partial charge >= 0.3 is 0 Å². The number of nitrogens with one attached hydrogen (secondary N) is 1. The van der Waals surface area contributed by atoms with Gasteiger partial charge in [-0.05, 0) is 58.8 Å². The van der Waals surface area contributed by atoms with Gasteiger partial charge in [0.25, 0.3) is 0 Å². The number of nitrogens with zero attached hydrogens (tertiary/aromatic N) is 4. The monoisotopic (exact) mass is 566 g/mol. The number of halogens is 4. The summed E-state index contributed by atoms with van der Waals surface area (Å²) in [6.07, 6.45) is -0.347. The first kappa shape index (κ1) is 27.2. The summed E-state index contributed by atoms with van der Waals surface area (Å²) in [7, 11) is 3.25. The molecule has 12 heteroatoms. The van der Waals surface area contributed by atoms with E-state index in [9.17, 15) is 18.4 Å². The molecule has 2 aromatic heterocycles. The molecule has 0 aliphatic carbocycles. The highest BCUT2D eigenvalue weighted by Gasteiger charge is 2.20. The molecule has 0 amide bonds. The fourth-order valence-corrected chi connectivity index (χ4v) is 4.00. The first-order chi connectivity index (χ1) is 17.1. The Balaban J connectivity index is 2.01. The van der Waals surface area contributed by atoms with Crippen LogP contribution in [-0.2, 0) is 19.9 Å². The van der Waals surface area contributed by atoms with Crippen LogP contribution in [0.5, 0.6) is 5.75 Å². The van der Waals surface area contributed by atoms with Gasteiger partial charge in [-0.3, -0.25) is 14.9 Å². The molecule has 3 aromatic rings. The number of nitrogens with two attached hydrogens (primary N) is 1. The van der Waals surface area contributed by atoms with Crippen LogP contribution >= 0.6 is 15.9 Å². The largest absolute Gasteiger partial charge is 0.482 e. The maximum atomic E-state index is 14.3. The Kier molecular flexibility index (Phi) is 9.10. The number of alkyl halides is 2. The molecule has 0 saturated heterocycles. The Bertz CT molecular complexity index is 1280. The third-order valence-electron chi connectivity index (χ3n) is 5.36. The summed E-state index contributed by atoms with van der Waals surface area (Å²) in [5.41, 5.74) is 11.3. The lowest BCUT2D eigenvalue weighted by Gasteiger charge is -2.21. The Morgan fingerprint density at radius 2 is 2.08 bits per heavy atom. The van der Waals surface area contributed by atoms with E-state index in [0.717, 1.165) is 0 Å². The van der Waals surface area contributed by atoms with E-state index >= 15 is 0 Å². The predicted octanol–water partition coefficient (Wildman–Crippen LogP) is 5.08. The number of rotatable bonds is 10. The molecule has 1 aromatic carbocycles. The van der Waals surface area contributed by atoms with Crippen molar-refractivity contribution in [3.8, 4) is 5.75 Å². The quantitative estimate of drug-likeness (QED) is 0.233. The standard InChI is InChI=1S/C24H26BrF3N6O2/c1-13(36-21-7-15(25)12-31-24(21)33-35)20-8-16(26)4-5-19(20)23(29)14(11-30-2)6-18-9-17(10-22(27)28)32-34(18)3/h4-5,7-9,11-13,22,35H,6,10,29H2,1-3H3,(H,31,33)/t13-/m1/s1. The summed E-state index contributed by atoms with van der Waals surface area (Å²) in [6, 6.07) is 7.35. The number of benzene rings is 1. The number of pyridine rings is 1. The van der Waals surface area contributed by atoms with Crippen LogP contribution in [0.15, 0.2) is 51.6 Å². The molecular formula is C24H26BrF3N6O2. The number of hydrogen-bond acceptors (Lipinski definition) is 7. The fraction of sp³-hybridized carbons (Fsp3) is 0.292. The predicted molar refractivity (Wildman–Crippen MR) is 135 cm³/mol. The average molecular weight is 567 g/mol. The smallest absolute Gasteiger partial charge is 0.244 e. The summed E-state index contributed by atoms with van der Waals surface area (Å²) < 4.78 is 48.0. The number of aromatic nitrogens is 3. The Labute approximate surface area is 214 Å². The summed E-state index contributed by atoms with van der Waals surface area (Å²) >= 11 is 3.31. The van der Waals surface area contributed by atoms with E-state index in [1.165, 1.54) is 23.0 Å². The van der Waals surface area contributed by atoms with Crippen LogP contribution in [0, 0.1) is 5.82 Å². The lowest BCUT2D eigenvalue weighted by Crippen LogP contribution is -2.13. The van der Waals surface area contributed by atoms with E-state index in [2.05, 4.69) is 31.0 Å². The van der Waals surface area contributed by atoms with Crippen molar-refractivity contribution in [1.82, 2.24) is 14.8 Å². The van der Waals surface area contributed by atoms with Gasteiger partial charge in [-0.2, -0.15) is 5.10 Å². The second-order valence-corrected chi connectivity index (χ2v) is 8.87. The van der Waals surface area contributed by atoms with E-state index in [0.29, 0.717) is 32.6 Å². The molecule has 0 saturated carbocycles. The molecule has 3 rings (SSSR count). The maximum Gasteiger partial charge on any atom is 0.244 e. The van der Waals surface area contributed by atoms with Crippen molar-refractivity contribution in [2.75, 3.05) is 12.5 Å². The van der Waals surface area contributed by atoms with E-state index in [4.69, 9.17) is 10.5 Å². The van der Waals surface area contributed by atoms with Crippen molar-refractivity contribution in [2.45, 2.75) is 32.3 Å². The van der Waals surface area contributed by atoms with Gasteiger partial charge in [0.1, 0.15) is 11.9 Å². The van der Waals surface area contributed by atoms with Crippen LogP contribution in [0.1, 0.15) is 35.5 Å². The SMILES string of the molecule is CN=CC(Cc1cc(CC(F)F)nn1C)=C(N)c1ccc(F)cc1[C@@H](C)Oc1cc(Br)cnc1NO. The summed E-state index contributed by atoms with van der Waals surface area (Å²) in [5.74, 6) is -0.172. The molecule has 0 aliphatic rings. The van der Waals surface area contributed by atoms with Crippen LogP contribution in [-0.4, -0.2) is 39.7 Å². The van der Waals surface area contributed by atoms with Gasteiger partial charge in [0.2, 0.25) is 6.43 Å². The molecule has 36 heavy (non-hydrogen) atoms. The lowest BCUT2D eigenvalue weighted by atomic mass is 9.96. The highest BCUT2D eigenvalue weighted by molar-refractivity contribution is 9.10. The van der Waals surface area contributed by atoms with E-state index < -0.39 is 24.8 Å². The normalized spacial score (nSPS) is 13.2.